The predicted octanol–water partition coefficient (Wildman–Crippen LogP) is 3.66. The Morgan fingerprint density at radius 1 is 1.15 bits per heavy atom. The first-order valence-corrected chi connectivity index (χ1v) is 10.2. The molecule has 4 rings (SSSR count). The summed E-state index contributed by atoms with van der Waals surface area (Å²) in [6, 6.07) is 15.5. The number of aromatic nitrogens is 1. The first-order valence-electron chi connectivity index (χ1n) is 8.71. The van der Waals surface area contributed by atoms with Crippen LogP contribution < -0.4 is 4.74 Å². The second-order valence-electron chi connectivity index (χ2n) is 6.81. The van der Waals surface area contributed by atoms with Gasteiger partial charge in [-0.25, -0.2) is 8.42 Å². The highest BCUT2D eigenvalue weighted by Gasteiger charge is 2.35. The van der Waals surface area contributed by atoms with Crippen LogP contribution in [0.25, 0.3) is 10.9 Å². The fraction of sp³-hybridized carbons (Fsp3) is 0.300. The fourth-order valence-corrected chi connectivity index (χ4v) is 5.38. The zero-order chi connectivity index (χ0) is 18.3. The van der Waals surface area contributed by atoms with Crippen molar-refractivity contribution < 1.29 is 13.2 Å². The Kier molecular flexibility index (Phi) is 4.25. The quantitative estimate of drug-likeness (QED) is 0.762. The van der Waals surface area contributed by atoms with Gasteiger partial charge in [0.1, 0.15) is 10.6 Å². The van der Waals surface area contributed by atoms with Crippen LogP contribution in [-0.2, 0) is 10.0 Å². The van der Waals surface area contributed by atoms with Crippen LogP contribution in [0.3, 0.4) is 0 Å². The molecule has 0 spiro atoms. The first kappa shape index (κ1) is 17.1. The third-order valence-corrected chi connectivity index (χ3v) is 6.96. The minimum atomic E-state index is -3.58. The third kappa shape index (κ3) is 2.89. The first-order chi connectivity index (χ1) is 12.5. The number of sulfonamides is 1. The number of nitrogens with one attached hydrogen (secondary N) is 1. The number of methoxy groups -OCH3 is 1. The van der Waals surface area contributed by atoms with Gasteiger partial charge in [-0.15, -0.1) is 0 Å². The van der Waals surface area contributed by atoms with E-state index in [9.17, 15) is 8.42 Å². The molecule has 136 valence electrons. The Morgan fingerprint density at radius 2 is 1.96 bits per heavy atom. The average molecular weight is 370 g/mol. The number of benzene rings is 2. The minimum absolute atomic E-state index is 0.174. The Hall–Kier alpha value is -2.31. The summed E-state index contributed by atoms with van der Waals surface area (Å²) in [6.07, 6.45) is 0.806. The zero-order valence-electron chi connectivity index (χ0n) is 14.9. The molecule has 2 heterocycles. The molecule has 1 saturated heterocycles. The van der Waals surface area contributed by atoms with Crippen LogP contribution in [0.4, 0.5) is 0 Å². The second kappa shape index (κ2) is 6.45. The number of ether oxygens (including phenoxy) is 1. The Bertz CT molecular complexity index is 1020. The molecule has 5 nitrogen and oxygen atoms in total. The molecule has 1 fully saturated rings. The van der Waals surface area contributed by atoms with E-state index in [1.165, 1.54) is 7.11 Å². The van der Waals surface area contributed by atoms with E-state index in [2.05, 4.69) is 17.1 Å². The molecule has 1 N–H and O–H groups in total. The van der Waals surface area contributed by atoms with E-state index in [0.29, 0.717) is 18.8 Å². The number of rotatable bonds is 4. The standard InChI is InChI=1S/C20H22N2O3S/c1-14-7-8-19(25-2)20(11-14)26(23,24)22-10-9-16(13-22)18-12-15-5-3-4-6-17(15)21-18/h3-8,11-12,16,21H,9-10,13H2,1-2H3. The van der Waals surface area contributed by atoms with Gasteiger partial charge in [0.05, 0.1) is 7.11 Å². The summed E-state index contributed by atoms with van der Waals surface area (Å²) in [7, 11) is -2.08. The van der Waals surface area contributed by atoms with Gasteiger partial charge in [0.2, 0.25) is 10.0 Å². The fourth-order valence-electron chi connectivity index (χ4n) is 3.64. The summed E-state index contributed by atoms with van der Waals surface area (Å²) in [6.45, 7) is 2.88. The predicted molar refractivity (Wildman–Crippen MR) is 102 cm³/mol. The van der Waals surface area contributed by atoms with Crippen molar-refractivity contribution in [2.75, 3.05) is 20.2 Å². The molecular formula is C20H22N2O3S. The van der Waals surface area contributed by atoms with E-state index in [1.807, 2.05) is 31.2 Å². The highest BCUT2D eigenvalue weighted by molar-refractivity contribution is 7.89. The van der Waals surface area contributed by atoms with E-state index >= 15 is 0 Å². The monoisotopic (exact) mass is 370 g/mol. The molecule has 0 saturated carbocycles. The summed E-state index contributed by atoms with van der Waals surface area (Å²) in [5.74, 6) is 0.567. The van der Waals surface area contributed by atoms with Gasteiger partial charge in [0, 0.05) is 30.2 Å². The van der Waals surface area contributed by atoms with Crippen LogP contribution in [0.1, 0.15) is 23.6 Å². The molecular weight excluding hydrogens is 348 g/mol. The van der Waals surface area contributed by atoms with Crippen LogP contribution in [0.5, 0.6) is 5.75 Å². The van der Waals surface area contributed by atoms with Gasteiger partial charge in [-0.1, -0.05) is 24.3 Å². The number of hydrogen-bond acceptors (Lipinski definition) is 3. The van der Waals surface area contributed by atoms with Gasteiger partial charge in [0.25, 0.3) is 0 Å². The second-order valence-corrected chi connectivity index (χ2v) is 8.72. The molecule has 1 unspecified atom stereocenters. The van der Waals surface area contributed by atoms with E-state index < -0.39 is 10.0 Å². The molecule has 1 atom stereocenters. The van der Waals surface area contributed by atoms with Gasteiger partial charge in [-0.05, 0) is 48.6 Å². The minimum Gasteiger partial charge on any atom is -0.495 e. The molecule has 1 aromatic heterocycles. The van der Waals surface area contributed by atoms with Gasteiger partial charge in [0.15, 0.2) is 0 Å². The molecule has 0 bridgehead atoms. The molecule has 6 heteroatoms. The van der Waals surface area contributed by atoms with Gasteiger partial charge >= 0.3 is 0 Å². The van der Waals surface area contributed by atoms with Crippen molar-refractivity contribution in [3.63, 3.8) is 0 Å². The maximum absolute atomic E-state index is 13.2. The summed E-state index contributed by atoms with van der Waals surface area (Å²) in [5.41, 5.74) is 3.08. The lowest BCUT2D eigenvalue weighted by Gasteiger charge is -2.18. The molecule has 0 aliphatic carbocycles. The van der Waals surface area contributed by atoms with Crippen molar-refractivity contribution >= 4 is 20.9 Å². The van der Waals surface area contributed by atoms with Crippen LogP contribution in [0, 0.1) is 6.92 Å². The van der Waals surface area contributed by atoms with Crippen molar-refractivity contribution in [2.45, 2.75) is 24.2 Å². The number of nitrogens with zero attached hydrogens (tertiary/aromatic N) is 1. The topological polar surface area (TPSA) is 62.4 Å². The van der Waals surface area contributed by atoms with Crippen LogP contribution in [-0.4, -0.2) is 37.9 Å². The number of H-pyrrole nitrogens is 1. The largest absolute Gasteiger partial charge is 0.495 e. The zero-order valence-corrected chi connectivity index (χ0v) is 15.7. The SMILES string of the molecule is COc1ccc(C)cc1S(=O)(=O)N1CCC(c2cc3ccccc3[nH]2)C1. The molecule has 2 aromatic carbocycles. The summed E-state index contributed by atoms with van der Waals surface area (Å²) >= 11 is 0. The van der Waals surface area contributed by atoms with E-state index in [-0.39, 0.29) is 10.8 Å². The molecule has 0 radical (unpaired) electrons. The Balaban J connectivity index is 1.62. The maximum Gasteiger partial charge on any atom is 0.246 e. The number of aromatic amines is 1. The molecule has 26 heavy (non-hydrogen) atoms. The van der Waals surface area contributed by atoms with Gasteiger partial charge in [-0.2, -0.15) is 4.31 Å². The van der Waals surface area contributed by atoms with Crippen LogP contribution in [0.15, 0.2) is 53.4 Å². The lowest BCUT2D eigenvalue weighted by atomic mass is 10.1. The van der Waals surface area contributed by atoms with Crippen molar-refractivity contribution in [3.05, 3.63) is 59.8 Å². The maximum atomic E-state index is 13.2. The van der Waals surface area contributed by atoms with Crippen molar-refractivity contribution in [1.29, 1.82) is 0 Å². The Morgan fingerprint density at radius 3 is 2.73 bits per heavy atom. The molecule has 1 aliphatic heterocycles. The lowest BCUT2D eigenvalue weighted by Crippen LogP contribution is -2.29. The van der Waals surface area contributed by atoms with Crippen molar-refractivity contribution in [3.8, 4) is 5.75 Å². The van der Waals surface area contributed by atoms with E-state index in [1.54, 1.807) is 16.4 Å². The summed E-state index contributed by atoms with van der Waals surface area (Å²) < 4.78 is 33.2. The highest BCUT2D eigenvalue weighted by Crippen LogP contribution is 2.35. The number of hydrogen-bond donors (Lipinski definition) is 1. The number of aryl methyl sites for hydroxylation is 1. The average Bonchev–Trinajstić information content (AvgIpc) is 3.28. The molecule has 0 amide bonds. The summed E-state index contributed by atoms with van der Waals surface area (Å²) in [4.78, 5) is 3.68. The molecule has 1 aliphatic rings. The lowest BCUT2D eigenvalue weighted by molar-refractivity contribution is 0.398. The highest BCUT2D eigenvalue weighted by atomic mass is 32.2. The smallest absolute Gasteiger partial charge is 0.246 e. The Labute approximate surface area is 153 Å². The summed E-state index contributed by atoms with van der Waals surface area (Å²) in [5, 5.41) is 1.16. The normalized spacial score (nSPS) is 18.5. The van der Waals surface area contributed by atoms with Gasteiger partial charge < -0.3 is 9.72 Å². The number of fused-ring (bicyclic) bond motifs is 1. The third-order valence-electron chi connectivity index (χ3n) is 5.08. The van der Waals surface area contributed by atoms with Crippen LogP contribution in [0.2, 0.25) is 0 Å². The number of para-hydroxylation sites is 1. The van der Waals surface area contributed by atoms with E-state index in [0.717, 1.165) is 28.6 Å². The van der Waals surface area contributed by atoms with Crippen molar-refractivity contribution in [1.82, 2.24) is 9.29 Å². The van der Waals surface area contributed by atoms with Gasteiger partial charge in [-0.3, -0.25) is 0 Å². The van der Waals surface area contributed by atoms with E-state index in [4.69, 9.17) is 4.74 Å². The van der Waals surface area contributed by atoms with Crippen molar-refractivity contribution in [2.24, 2.45) is 0 Å². The van der Waals surface area contributed by atoms with Crippen LogP contribution >= 0.6 is 0 Å². The molecule has 3 aromatic rings.